The molecule has 0 aliphatic carbocycles. The Labute approximate surface area is 299 Å². The van der Waals surface area contributed by atoms with E-state index in [1.165, 1.54) is 30.3 Å². The normalized spacial score (nSPS) is 16.8. The van der Waals surface area contributed by atoms with E-state index in [4.69, 9.17) is 23.6 Å². The molecule has 8 aromatic carbocycles. The highest BCUT2D eigenvalue weighted by molar-refractivity contribution is 6.25. The van der Waals surface area contributed by atoms with Crippen LogP contribution in [0.5, 0.6) is 0 Å². The van der Waals surface area contributed by atoms with Crippen LogP contribution in [0, 0.1) is 0 Å². The molecular weight excluding hydrogens is 569 g/mol. The second-order valence-corrected chi connectivity index (χ2v) is 10.7. The van der Waals surface area contributed by atoms with Crippen molar-refractivity contribution in [3.8, 4) is 55.8 Å². The maximum Gasteiger partial charge on any atom is 0.143 e. The molecule has 0 fully saturated rings. The van der Waals surface area contributed by atoms with Gasteiger partial charge in [0.2, 0.25) is 0 Å². The van der Waals surface area contributed by atoms with Gasteiger partial charge in [0.05, 0.1) is 24.7 Å². The third kappa shape index (κ3) is 4.56. The molecule has 47 heavy (non-hydrogen) atoms. The average molecular weight is 617 g/mol. The van der Waals surface area contributed by atoms with Gasteiger partial charge in [-0.3, -0.25) is 0 Å². The molecule has 0 spiro atoms. The van der Waals surface area contributed by atoms with Crippen molar-refractivity contribution in [3.63, 3.8) is 0 Å². The van der Waals surface area contributed by atoms with Crippen LogP contribution in [0.4, 0.5) is 0 Å². The predicted octanol–water partition coefficient (Wildman–Crippen LogP) is 13.1. The maximum atomic E-state index is 9.54. The number of furan rings is 1. The van der Waals surface area contributed by atoms with Crippen molar-refractivity contribution in [2.75, 3.05) is 0 Å². The Morgan fingerprint density at radius 1 is 0.362 bits per heavy atom. The smallest absolute Gasteiger partial charge is 0.143 e. The lowest BCUT2D eigenvalue weighted by atomic mass is 9.84. The zero-order chi connectivity index (χ0) is 46.8. The van der Waals surface area contributed by atoms with Crippen LogP contribution in [0.2, 0.25) is 0 Å². The first-order chi connectivity index (χ1) is 30.8. The molecule has 1 heteroatoms. The third-order valence-electron chi connectivity index (χ3n) is 8.09. The molecule has 0 saturated heterocycles. The van der Waals surface area contributed by atoms with Crippen LogP contribution in [0.1, 0.15) is 24.7 Å². The molecule has 1 nitrogen and oxygen atoms in total. The van der Waals surface area contributed by atoms with E-state index >= 15 is 0 Å². The lowest BCUT2D eigenvalue weighted by Gasteiger charge is -2.18. The van der Waals surface area contributed by atoms with Crippen LogP contribution >= 0.6 is 0 Å². The van der Waals surface area contributed by atoms with Crippen molar-refractivity contribution < 1.29 is 29.1 Å². The fourth-order valence-electron chi connectivity index (χ4n) is 6.13. The van der Waals surface area contributed by atoms with Crippen LogP contribution in [0.25, 0.3) is 88.3 Å². The molecular formula is C46H30O. The Balaban J connectivity index is 1.57. The summed E-state index contributed by atoms with van der Waals surface area (Å²) in [6.07, 6.45) is 0. The van der Waals surface area contributed by atoms with Gasteiger partial charge >= 0.3 is 0 Å². The second kappa shape index (κ2) is 11.3. The quantitative estimate of drug-likeness (QED) is 0.175. The van der Waals surface area contributed by atoms with Crippen LogP contribution < -0.4 is 0 Å². The van der Waals surface area contributed by atoms with Crippen LogP contribution in [-0.4, -0.2) is 0 Å². The van der Waals surface area contributed by atoms with Gasteiger partial charge in [-0.15, -0.1) is 0 Å². The highest BCUT2D eigenvalue weighted by Crippen LogP contribution is 2.50. The Morgan fingerprint density at radius 2 is 0.894 bits per heavy atom. The Kier molecular flexibility index (Phi) is 3.49. The summed E-state index contributed by atoms with van der Waals surface area (Å²) in [6.45, 7) is 0. The predicted molar refractivity (Wildman–Crippen MR) is 198 cm³/mol. The number of hydrogen-bond donors (Lipinski definition) is 0. The number of fused-ring (bicyclic) bond motifs is 3. The van der Waals surface area contributed by atoms with E-state index in [9.17, 15) is 5.48 Å². The van der Waals surface area contributed by atoms with Gasteiger partial charge in [0, 0.05) is 27.6 Å². The summed E-state index contributed by atoms with van der Waals surface area (Å²) in [6, 6.07) is 8.63. The molecule has 1 heterocycles. The summed E-state index contributed by atoms with van der Waals surface area (Å²) in [5.74, 6) is -0.0936. The largest absolute Gasteiger partial charge is 0.455 e. The summed E-state index contributed by atoms with van der Waals surface area (Å²) < 4.78 is 166. The van der Waals surface area contributed by atoms with E-state index in [0.29, 0.717) is 5.56 Å². The van der Waals surface area contributed by atoms with Gasteiger partial charge in [0.1, 0.15) is 11.3 Å². The minimum atomic E-state index is -0.652. The third-order valence-corrected chi connectivity index (χ3v) is 8.09. The van der Waals surface area contributed by atoms with Gasteiger partial charge < -0.3 is 4.42 Å². The van der Waals surface area contributed by atoms with Crippen LogP contribution in [0.3, 0.4) is 0 Å². The summed E-state index contributed by atoms with van der Waals surface area (Å²) in [4.78, 5) is 0. The van der Waals surface area contributed by atoms with E-state index in [-0.39, 0.29) is 82.8 Å². The van der Waals surface area contributed by atoms with Crippen molar-refractivity contribution in [2.24, 2.45) is 0 Å². The number of hydrogen-bond acceptors (Lipinski definition) is 1. The molecule has 0 unspecified atom stereocenters. The molecule has 0 radical (unpaired) electrons. The SMILES string of the molecule is [2H]c1c([2H])c([2H])c(-c2cccc(-c3oc4c(-c5c([2H])c([2H])c([2H])c([2H])c5[2H])cccc4c3-c3c4c([2H])c([2H])c([2H])c([2H])c4c(-c4ccccc4)c4c([2H])c([2H])c([2H])c([2H])c34)c2)c([2H])c1[2H]. The van der Waals surface area contributed by atoms with Crippen molar-refractivity contribution in [1.29, 1.82) is 0 Å². The first kappa shape index (κ1) is 14.5. The van der Waals surface area contributed by atoms with Gasteiger partial charge in [0.25, 0.3) is 0 Å². The van der Waals surface area contributed by atoms with Gasteiger partial charge in [-0.1, -0.05) is 175 Å². The van der Waals surface area contributed by atoms with E-state index in [2.05, 4.69) is 0 Å². The van der Waals surface area contributed by atoms with Crippen LogP contribution in [-0.2, 0) is 0 Å². The van der Waals surface area contributed by atoms with Crippen molar-refractivity contribution in [3.05, 3.63) is 182 Å². The van der Waals surface area contributed by atoms with Gasteiger partial charge in [-0.25, -0.2) is 0 Å². The number of para-hydroxylation sites is 1. The second-order valence-electron chi connectivity index (χ2n) is 10.7. The van der Waals surface area contributed by atoms with Crippen molar-refractivity contribution in [2.45, 2.75) is 0 Å². The van der Waals surface area contributed by atoms with E-state index in [1.807, 2.05) is 0 Å². The fraction of sp³-hybridized carbons (Fsp3) is 0. The molecule has 0 aliphatic heterocycles. The molecule has 9 rings (SSSR count). The van der Waals surface area contributed by atoms with Gasteiger partial charge in [-0.2, -0.15) is 0 Å². The Bertz CT molecular complexity index is 3440. The minimum Gasteiger partial charge on any atom is -0.455 e. The molecule has 220 valence electrons. The zero-order valence-corrected chi connectivity index (χ0v) is 24.3. The molecule has 0 bridgehead atoms. The lowest BCUT2D eigenvalue weighted by Crippen LogP contribution is -1.91. The zero-order valence-electron chi connectivity index (χ0n) is 42.3. The maximum absolute atomic E-state index is 9.54. The van der Waals surface area contributed by atoms with Gasteiger partial charge in [-0.05, 0) is 55.4 Å². The van der Waals surface area contributed by atoms with E-state index in [0.717, 1.165) is 0 Å². The van der Waals surface area contributed by atoms with E-state index < -0.39 is 109 Å². The standard InChI is InChI=1S/C46H30O/c1-4-16-31(17-5-1)34-22-14-23-35(30-34)45-44(41-29-15-28-36(46(41)47-45)32-18-6-2-7-19-32)43-39-26-12-10-24-37(39)42(33-20-8-3-9-21-33)38-25-11-13-27-40(38)43/h1-30H/i1D,2D,4D,5D,6D,7D,10D,11D,12D,13D,16D,17D,18D,19D,24D,25D,26D,27D. The number of benzene rings is 8. The summed E-state index contributed by atoms with van der Waals surface area (Å²) in [5, 5.41) is -0.306. The topological polar surface area (TPSA) is 13.1 Å². The summed E-state index contributed by atoms with van der Waals surface area (Å²) >= 11 is 0. The van der Waals surface area contributed by atoms with Crippen LogP contribution in [0.15, 0.2) is 186 Å². The lowest BCUT2D eigenvalue weighted by molar-refractivity contribution is 0.633. The van der Waals surface area contributed by atoms with E-state index in [1.54, 1.807) is 42.5 Å². The van der Waals surface area contributed by atoms with Crippen molar-refractivity contribution >= 4 is 32.5 Å². The Morgan fingerprint density at radius 3 is 1.55 bits per heavy atom. The molecule has 0 N–H and O–H groups in total. The molecule has 9 aromatic rings. The molecule has 0 saturated carbocycles. The molecule has 1 aromatic heterocycles. The molecule has 0 atom stereocenters. The van der Waals surface area contributed by atoms with Crippen molar-refractivity contribution in [1.82, 2.24) is 0 Å². The van der Waals surface area contributed by atoms with Gasteiger partial charge in [0.15, 0.2) is 0 Å². The highest BCUT2D eigenvalue weighted by Gasteiger charge is 2.25. The average Bonchev–Trinajstić information content (AvgIpc) is 3.70. The minimum absolute atomic E-state index is 0.0205. The molecule has 0 aliphatic rings. The fourth-order valence-corrected chi connectivity index (χ4v) is 6.13. The highest BCUT2D eigenvalue weighted by atomic mass is 16.3. The molecule has 0 amide bonds. The first-order valence-corrected chi connectivity index (χ1v) is 14.6. The Hall–Kier alpha value is -6.18. The monoisotopic (exact) mass is 616 g/mol. The summed E-state index contributed by atoms with van der Waals surface area (Å²) in [5.41, 5.74) is 0.294. The number of rotatable bonds is 5. The first-order valence-electron chi connectivity index (χ1n) is 23.6. The summed E-state index contributed by atoms with van der Waals surface area (Å²) in [7, 11) is 0.